The van der Waals surface area contributed by atoms with Crippen LogP contribution in [0.4, 0.5) is 5.82 Å². The van der Waals surface area contributed by atoms with Crippen molar-refractivity contribution < 1.29 is 5.11 Å². The lowest BCUT2D eigenvalue weighted by atomic mass is 9.95. The molecule has 0 saturated heterocycles. The van der Waals surface area contributed by atoms with Gasteiger partial charge >= 0.3 is 0 Å². The number of imidazole rings is 1. The molecule has 3 aromatic heterocycles. The number of nitrogens with one attached hydrogen (secondary N) is 3. The van der Waals surface area contributed by atoms with E-state index < -0.39 is 0 Å². The predicted molar refractivity (Wildman–Crippen MR) is 113 cm³/mol. The minimum absolute atomic E-state index is 0.0888. The summed E-state index contributed by atoms with van der Waals surface area (Å²) in [5, 5.41) is 17.8. The Kier molecular flexibility index (Phi) is 5.04. The van der Waals surface area contributed by atoms with Crippen LogP contribution in [0.1, 0.15) is 44.4 Å². The van der Waals surface area contributed by atoms with Gasteiger partial charge in [0, 0.05) is 35.9 Å². The first-order valence-corrected chi connectivity index (χ1v) is 10.1. The Balaban J connectivity index is 1.75. The van der Waals surface area contributed by atoms with Crippen LogP contribution in [0.2, 0.25) is 0 Å². The van der Waals surface area contributed by atoms with E-state index in [1.165, 1.54) is 12.8 Å². The van der Waals surface area contributed by atoms with E-state index in [1.807, 2.05) is 24.4 Å². The third-order valence-electron chi connectivity index (χ3n) is 5.35. The van der Waals surface area contributed by atoms with Gasteiger partial charge < -0.3 is 20.4 Å². The molecule has 0 aromatic carbocycles. The van der Waals surface area contributed by atoms with E-state index in [1.54, 1.807) is 12.3 Å². The lowest BCUT2D eigenvalue weighted by Gasteiger charge is -2.22. The molecule has 1 fully saturated rings. The van der Waals surface area contributed by atoms with Crippen molar-refractivity contribution in [2.45, 2.75) is 39.5 Å². The molecule has 4 rings (SSSR count). The zero-order chi connectivity index (χ0) is 20.6. The number of aromatic nitrogens is 5. The van der Waals surface area contributed by atoms with Crippen LogP contribution < -0.4 is 21.7 Å². The quantitative estimate of drug-likeness (QED) is 0.449. The summed E-state index contributed by atoms with van der Waals surface area (Å²) < 4.78 is 1.86. The first kappa shape index (κ1) is 19.4. The van der Waals surface area contributed by atoms with Gasteiger partial charge in [0.15, 0.2) is 5.65 Å². The standard InChI is InChI=1S/C21H28N6O2/c1-13-24-17(20(29)25-13)8-15-10-23-27-16(7-6-14-4-5-14)9-18(26-19(15)27)22-11-21(2,3)12-28/h8-10,14,24,28H,1,4-7,11-12H2,2-3H3,(H,22,26)(H,25,29)/b17-8-. The third kappa shape index (κ3) is 4.42. The fraction of sp³-hybridized carbons (Fsp3) is 0.476. The van der Waals surface area contributed by atoms with Crippen LogP contribution in [0.5, 0.6) is 0 Å². The summed E-state index contributed by atoms with van der Waals surface area (Å²) in [7, 11) is 0. The first-order chi connectivity index (χ1) is 13.8. The second-order valence-corrected chi connectivity index (χ2v) is 8.74. The summed E-state index contributed by atoms with van der Waals surface area (Å²) in [6.45, 7) is 8.41. The Bertz CT molecular complexity index is 1180. The van der Waals surface area contributed by atoms with E-state index in [0.717, 1.165) is 35.8 Å². The Morgan fingerprint density at radius 1 is 1.41 bits per heavy atom. The maximum absolute atomic E-state index is 12.0. The van der Waals surface area contributed by atoms with Crippen LogP contribution >= 0.6 is 0 Å². The van der Waals surface area contributed by atoms with E-state index in [-0.39, 0.29) is 17.6 Å². The van der Waals surface area contributed by atoms with E-state index in [0.29, 0.717) is 23.0 Å². The smallest absolute Gasteiger partial charge is 0.273 e. The van der Waals surface area contributed by atoms with E-state index in [2.05, 4.69) is 27.0 Å². The molecule has 0 amide bonds. The topological polar surface area (TPSA) is 111 Å². The van der Waals surface area contributed by atoms with Crippen LogP contribution in [0.15, 0.2) is 17.1 Å². The molecule has 0 aliphatic heterocycles. The van der Waals surface area contributed by atoms with Crippen LogP contribution in [-0.4, -0.2) is 42.8 Å². The first-order valence-electron chi connectivity index (χ1n) is 10.1. The third-order valence-corrected chi connectivity index (χ3v) is 5.35. The van der Waals surface area contributed by atoms with Gasteiger partial charge in [-0.25, -0.2) is 9.50 Å². The zero-order valence-electron chi connectivity index (χ0n) is 17.0. The van der Waals surface area contributed by atoms with Crippen LogP contribution in [0.25, 0.3) is 18.3 Å². The van der Waals surface area contributed by atoms with Gasteiger partial charge in [-0.1, -0.05) is 33.3 Å². The molecule has 3 aromatic rings. The van der Waals surface area contributed by atoms with Crippen molar-refractivity contribution in [1.29, 1.82) is 0 Å². The Hall–Kier alpha value is -2.87. The molecule has 1 saturated carbocycles. The van der Waals surface area contributed by atoms with Crippen molar-refractivity contribution >= 4 is 24.1 Å². The van der Waals surface area contributed by atoms with Crippen LogP contribution in [0.3, 0.4) is 0 Å². The van der Waals surface area contributed by atoms with Crippen LogP contribution in [0, 0.1) is 11.3 Å². The number of anilines is 1. The summed E-state index contributed by atoms with van der Waals surface area (Å²) in [6, 6.07) is 2.04. The highest BCUT2D eigenvalue weighted by molar-refractivity contribution is 5.66. The molecule has 4 N–H and O–H groups in total. The van der Waals surface area contributed by atoms with Gasteiger partial charge in [0.2, 0.25) is 0 Å². The highest BCUT2D eigenvalue weighted by Crippen LogP contribution is 2.33. The Morgan fingerprint density at radius 2 is 2.21 bits per heavy atom. The second kappa shape index (κ2) is 7.51. The van der Waals surface area contributed by atoms with E-state index in [4.69, 9.17) is 4.98 Å². The van der Waals surface area contributed by atoms with Crippen molar-refractivity contribution in [1.82, 2.24) is 24.6 Å². The number of fused-ring (bicyclic) bond motifs is 1. The molecule has 8 nitrogen and oxygen atoms in total. The number of aryl methyl sites for hydroxylation is 1. The molecule has 8 heteroatoms. The zero-order valence-corrected chi connectivity index (χ0v) is 17.0. The number of aliphatic hydroxyl groups excluding tert-OH is 1. The van der Waals surface area contributed by atoms with E-state index >= 15 is 0 Å². The predicted octanol–water partition coefficient (Wildman–Crippen LogP) is 0.758. The maximum Gasteiger partial charge on any atom is 0.273 e. The minimum Gasteiger partial charge on any atom is -0.396 e. The molecule has 0 atom stereocenters. The number of aliphatic hydroxyl groups is 1. The summed E-state index contributed by atoms with van der Waals surface area (Å²) >= 11 is 0. The summed E-state index contributed by atoms with van der Waals surface area (Å²) in [4.78, 5) is 22.3. The van der Waals surface area contributed by atoms with Gasteiger partial charge in [-0.2, -0.15) is 5.10 Å². The van der Waals surface area contributed by atoms with Gasteiger partial charge in [-0.15, -0.1) is 0 Å². The van der Waals surface area contributed by atoms with Gasteiger partial charge in [-0.05, 0) is 24.8 Å². The SMILES string of the molecule is C=c1[nH]c(=O)/c(=C/c2cnn3c(CCC4CC4)cc(NCC(C)(C)CO)nc23)[nH]1. The van der Waals surface area contributed by atoms with Crippen molar-refractivity contribution in [3.8, 4) is 0 Å². The van der Waals surface area contributed by atoms with Gasteiger partial charge in [0.1, 0.15) is 16.6 Å². The number of hydrogen-bond donors (Lipinski definition) is 4. The molecule has 3 heterocycles. The molecule has 1 aliphatic carbocycles. The highest BCUT2D eigenvalue weighted by atomic mass is 16.3. The van der Waals surface area contributed by atoms with Gasteiger partial charge in [0.05, 0.1) is 6.20 Å². The lowest BCUT2D eigenvalue weighted by Crippen LogP contribution is -2.27. The van der Waals surface area contributed by atoms with Gasteiger partial charge in [0.25, 0.3) is 5.56 Å². The maximum atomic E-state index is 12.0. The van der Waals surface area contributed by atoms with Gasteiger partial charge in [-0.3, -0.25) is 4.79 Å². The summed E-state index contributed by atoms with van der Waals surface area (Å²) in [5.74, 6) is 1.57. The molecule has 29 heavy (non-hydrogen) atoms. The lowest BCUT2D eigenvalue weighted by molar-refractivity contribution is 0.170. The Morgan fingerprint density at radius 3 is 2.86 bits per heavy atom. The fourth-order valence-corrected chi connectivity index (χ4v) is 3.27. The van der Waals surface area contributed by atoms with Crippen molar-refractivity contribution in [2.24, 2.45) is 11.3 Å². The average Bonchev–Trinajstić information content (AvgIpc) is 3.35. The van der Waals surface area contributed by atoms with Crippen LogP contribution in [-0.2, 0) is 6.42 Å². The number of H-pyrrole nitrogens is 2. The molecule has 0 radical (unpaired) electrons. The number of rotatable bonds is 8. The number of hydrogen-bond acceptors (Lipinski definition) is 5. The second-order valence-electron chi connectivity index (χ2n) is 8.74. The fourth-order valence-electron chi connectivity index (χ4n) is 3.27. The molecule has 0 spiro atoms. The van der Waals surface area contributed by atoms with Crippen molar-refractivity contribution in [3.63, 3.8) is 0 Å². The van der Waals surface area contributed by atoms with Crippen molar-refractivity contribution in [3.05, 3.63) is 44.7 Å². The molecule has 0 unspecified atom stereocenters. The molecular weight excluding hydrogens is 368 g/mol. The normalized spacial score (nSPS) is 15.3. The largest absolute Gasteiger partial charge is 0.396 e. The number of aromatic amines is 2. The molecule has 1 aliphatic rings. The summed E-state index contributed by atoms with van der Waals surface area (Å²) in [5.41, 5.74) is 2.53. The molecule has 154 valence electrons. The van der Waals surface area contributed by atoms with E-state index in [9.17, 15) is 9.90 Å². The highest BCUT2D eigenvalue weighted by Gasteiger charge is 2.22. The molecular formula is C21H28N6O2. The van der Waals surface area contributed by atoms with Crippen molar-refractivity contribution in [2.75, 3.05) is 18.5 Å². The molecule has 0 bridgehead atoms. The number of nitrogens with zero attached hydrogens (tertiary/aromatic N) is 3. The minimum atomic E-state index is -0.251. The summed E-state index contributed by atoms with van der Waals surface area (Å²) in [6.07, 6.45) is 8.16. The average molecular weight is 396 g/mol. The monoisotopic (exact) mass is 396 g/mol. The Labute approximate surface area is 168 Å².